The largest absolute Gasteiger partial charge is 0.444 e. The highest BCUT2D eigenvalue weighted by Gasteiger charge is 2.42. The van der Waals surface area contributed by atoms with Crippen LogP contribution in [0.4, 0.5) is 0 Å². The molecule has 1 aliphatic heterocycles. The summed E-state index contributed by atoms with van der Waals surface area (Å²) in [5, 5.41) is 9.46. The smallest absolute Gasteiger partial charge is 0.205 e. The van der Waals surface area contributed by atoms with Crippen LogP contribution in [-0.2, 0) is 9.53 Å². The quantitative estimate of drug-likeness (QED) is 0.860. The van der Waals surface area contributed by atoms with Gasteiger partial charge in [0.05, 0.1) is 5.92 Å². The Morgan fingerprint density at radius 2 is 2.05 bits per heavy atom. The minimum atomic E-state index is -0.458. The summed E-state index contributed by atoms with van der Waals surface area (Å²) in [6.45, 7) is 4.05. The van der Waals surface area contributed by atoms with Crippen molar-refractivity contribution in [2.24, 2.45) is 11.1 Å². The van der Waals surface area contributed by atoms with E-state index in [1.807, 2.05) is 13.8 Å². The third-order valence-corrected chi connectivity index (χ3v) is 4.11. The molecular weight excluding hydrogens is 278 g/mol. The second-order valence-corrected chi connectivity index (χ2v) is 6.48. The molecule has 5 nitrogen and oxygen atoms in total. The number of hydrogen-bond donors (Lipinski definition) is 1. The van der Waals surface area contributed by atoms with E-state index in [0.29, 0.717) is 24.2 Å². The lowest BCUT2D eigenvalue weighted by Crippen LogP contribution is -2.33. The van der Waals surface area contributed by atoms with Crippen molar-refractivity contribution >= 4 is 5.78 Å². The molecule has 1 aliphatic carbocycles. The minimum absolute atomic E-state index is 0.0216. The average Bonchev–Trinajstić information content (AvgIpc) is 2.45. The van der Waals surface area contributed by atoms with Crippen LogP contribution in [0.5, 0.6) is 0 Å². The lowest BCUT2D eigenvalue weighted by Gasteiger charge is -2.37. The van der Waals surface area contributed by atoms with Crippen LogP contribution >= 0.6 is 0 Å². The third-order valence-electron chi connectivity index (χ3n) is 4.11. The van der Waals surface area contributed by atoms with Gasteiger partial charge in [0.2, 0.25) is 5.88 Å². The van der Waals surface area contributed by atoms with Gasteiger partial charge in [0.1, 0.15) is 17.4 Å². The van der Waals surface area contributed by atoms with Crippen LogP contribution in [0.2, 0.25) is 0 Å². The molecule has 0 bridgehead atoms. The van der Waals surface area contributed by atoms with Gasteiger partial charge in [-0.1, -0.05) is 13.8 Å². The van der Waals surface area contributed by atoms with E-state index in [9.17, 15) is 10.1 Å². The summed E-state index contributed by atoms with van der Waals surface area (Å²) in [5.74, 6) is 0.252. The number of Topliss-reactive ketones (excluding diaryl/α,β-unsaturated/α-hetero) is 1. The Hall–Kier alpha value is -2.61. The highest BCUT2D eigenvalue weighted by atomic mass is 16.5. The summed E-state index contributed by atoms with van der Waals surface area (Å²) < 4.78 is 5.63. The Kier molecular flexibility index (Phi) is 3.25. The van der Waals surface area contributed by atoms with Gasteiger partial charge in [-0.3, -0.25) is 9.78 Å². The Labute approximate surface area is 129 Å². The fraction of sp³-hybridized carbons (Fsp3) is 0.353. The molecule has 1 aromatic rings. The van der Waals surface area contributed by atoms with Crippen LogP contribution in [-0.4, -0.2) is 10.8 Å². The number of nitriles is 1. The molecule has 0 aromatic carbocycles. The van der Waals surface area contributed by atoms with Gasteiger partial charge in [0.15, 0.2) is 5.78 Å². The molecule has 1 aromatic heterocycles. The predicted octanol–water partition coefficient (Wildman–Crippen LogP) is 2.53. The molecule has 0 saturated carbocycles. The maximum Gasteiger partial charge on any atom is 0.205 e. The zero-order valence-corrected chi connectivity index (χ0v) is 12.6. The lowest BCUT2D eigenvalue weighted by atomic mass is 9.70. The van der Waals surface area contributed by atoms with Crippen molar-refractivity contribution in [2.75, 3.05) is 0 Å². The first-order valence-electron chi connectivity index (χ1n) is 7.17. The summed E-state index contributed by atoms with van der Waals surface area (Å²) in [4.78, 5) is 16.7. The Bertz CT molecular complexity index is 739. The highest BCUT2D eigenvalue weighted by Crippen LogP contribution is 2.47. The van der Waals surface area contributed by atoms with Crippen molar-refractivity contribution in [3.63, 3.8) is 0 Å². The number of carbonyl (C=O) groups excluding carboxylic acids is 1. The van der Waals surface area contributed by atoms with Crippen LogP contribution < -0.4 is 5.73 Å². The maximum atomic E-state index is 12.7. The molecule has 2 N–H and O–H groups in total. The van der Waals surface area contributed by atoms with E-state index in [1.54, 1.807) is 24.5 Å². The summed E-state index contributed by atoms with van der Waals surface area (Å²) in [6.07, 6.45) is 4.37. The molecule has 0 fully saturated rings. The van der Waals surface area contributed by atoms with Gasteiger partial charge in [-0.05, 0) is 23.1 Å². The molecule has 2 heterocycles. The van der Waals surface area contributed by atoms with Gasteiger partial charge in [-0.2, -0.15) is 5.26 Å². The number of ether oxygens (including phenoxy) is 1. The van der Waals surface area contributed by atoms with E-state index >= 15 is 0 Å². The molecule has 2 aliphatic rings. The van der Waals surface area contributed by atoms with E-state index in [0.717, 1.165) is 5.56 Å². The van der Waals surface area contributed by atoms with Crippen LogP contribution in [0.1, 0.15) is 38.2 Å². The average molecular weight is 295 g/mol. The minimum Gasteiger partial charge on any atom is -0.444 e. The van der Waals surface area contributed by atoms with Crippen molar-refractivity contribution in [2.45, 2.75) is 32.6 Å². The van der Waals surface area contributed by atoms with E-state index in [-0.39, 0.29) is 22.7 Å². The molecule has 1 atom stereocenters. The summed E-state index contributed by atoms with van der Waals surface area (Å²) in [5.41, 5.74) is 7.46. The molecule has 0 amide bonds. The van der Waals surface area contributed by atoms with Crippen molar-refractivity contribution in [1.29, 1.82) is 5.26 Å². The number of pyridine rings is 1. The van der Waals surface area contributed by atoms with Crippen molar-refractivity contribution in [3.05, 3.63) is 52.9 Å². The van der Waals surface area contributed by atoms with Gasteiger partial charge >= 0.3 is 0 Å². The number of nitrogens with two attached hydrogens (primary N) is 1. The van der Waals surface area contributed by atoms with E-state index < -0.39 is 5.92 Å². The standard InChI is InChI=1S/C17H17N3O2/c1-17(2)7-12(21)15-13(8-17)22-16(19)11(9-18)14(15)10-3-5-20-6-4-10/h3-6,14H,7-8,19H2,1-2H3/t14-/m0/s1. The van der Waals surface area contributed by atoms with Gasteiger partial charge in [-0.15, -0.1) is 0 Å². The van der Waals surface area contributed by atoms with Crippen LogP contribution in [0.15, 0.2) is 47.3 Å². The molecule has 3 rings (SSSR count). The van der Waals surface area contributed by atoms with E-state index in [1.165, 1.54) is 0 Å². The highest BCUT2D eigenvalue weighted by molar-refractivity contribution is 6.00. The number of ketones is 1. The van der Waals surface area contributed by atoms with Gasteiger partial charge in [0.25, 0.3) is 0 Å². The molecule has 0 radical (unpaired) electrons. The fourth-order valence-electron chi connectivity index (χ4n) is 3.17. The Morgan fingerprint density at radius 1 is 1.36 bits per heavy atom. The maximum absolute atomic E-state index is 12.7. The number of rotatable bonds is 1. The number of allylic oxidation sites excluding steroid dienone is 3. The van der Waals surface area contributed by atoms with Crippen LogP contribution in [0, 0.1) is 16.7 Å². The molecule has 112 valence electrons. The molecule has 0 unspecified atom stereocenters. The zero-order chi connectivity index (χ0) is 15.9. The van der Waals surface area contributed by atoms with Gasteiger partial charge in [0, 0.05) is 30.8 Å². The molecule has 22 heavy (non-hydrogen) atoms. The second-order valence-electron chi connectivity index (χ2n) is 6.48. The topological polar surface area (TPSA) is 89.0 Å². The SMILES string of the molecule is CC1(C)CC(=O)C2=C(C1)OC(N)=C(C#N)[C@@H]2c1ccncc1. The second kappa shape index (κ2) is 4.99. The normalized spacial score (nSPS) is 23.7. The van der Waals surface area contributed by atoms with E-state index in [2.05, 4.69) is 11.1 Å². The predicted molar refractivity (Wildman–Crippen MR) is 79.9 cm³/mol. The third kappa shape index (κ3) is 2.27. The van der Waals surface area contributed by atoms with Crippen LogP contribution in [0.25, 0.3) is 0 Å². The van der Waals surface area contributed by atoms with Gasteiger partial charge < -0.3 is 10.5 Å². The molecule has 0 spiro atoms. The van der Waals surface area contributed by atoms with Crippen molar-refractivity contribution < 1.29 is 9.53 Å². The lowest BCUT2D eigenvalue weighted by molar-refractivity contribution is -0.119. The first-order valence-corrected chi connectivity index (χ1v) is 7.17. The van der Waals surface area contributed by atoms with Crippen molar-refractivity contribution in [1.82, 2.24) is 4.98 Å². The van der Waals surface area contributed by atoms with Crippen LogP contribution in [0.3, 0.4) is 0 Å². The number of carbonyl (C=O) groups is 1. The first-order chi connectivity index (χ1) is 10.4. The summed E-state index contributed by atoms with van der Waals surface area (Å²) in [6, 6.07) is 5.71. The molecule has 0 saturated heterocycles. The number of hydrogen-bond acceptors (Lipinski definition) is 5. The Morgan fingerprint density at radius 3 is 2.68 bits per heavy atom. The zero-order valence-electron chi connectivity index (χ0n) is 12.6. The van der Waals surface area contributed by atoms with E-state index in [4.69, 9.17) is 10.5 Å². The summed E-state index contributed by atoms with van der Waals surface area (Å²) >= 11 is 0. The number of nitrogens with zero attached hydrogens (tertiary/aromatic N) is 2. The molecule has 5 heteroatoms. The Balaban J connectivity index is 2.18. The van der Waals surface area contributed by atoms with Gasteiger partial charge in [-0.25, -0.2) is 0 Å². The number of aromatic nitrogens is 1. The first kappa shape index (κ1) is 14.3. The van der Waals surface area contributed by atoms with Crippen molar-refractivity contribution in [3.8, 4) is 6.07 Å². The molecular formula is C17H17N3O2. The fourth-order valence-corrected chi connectivity index (χ4v) is 3.17. The summed E-state index contributed by atoms with van der Waals surface area (Å²) in [7, 11) is 0. The monoisotopic (exact) mass is 295 g/mol.